The molecule has 0 unspecified atom stereocenters. The average Bonchev–Trinajstić information content (AvgIpc) is 3.17. The van der Waals surface area contributed by atoms with Gasteiger partial charge in [0.25, 0.3) is 10.0 Å². The Morgan fingerprint density at radius 3 is 2.40 bits per heavy atom. The van der Waals surface area contributed by atoms with E-state index in [2.05, 4.69) is 5.32 Å². The van der Waals surface area contributed by atoms with Crippen molar-refractivity contribution in [1.82, 2.24) is 10.0 Å². The monoisotopic (exact) mass is 298 g/mol. The van der Waals surface area contributed by atoms with Crippen molar-refractivity contribution in [2.45, 2.75) is 24.7 Å². The number of hydrogen-bond donors (Lipinski definition) is 3. The largest absolute Gasteiger partial charge is 0.396 e. The maximum absolute atomic E-state index is 11.9. The van der Waals surface area contributed by atoms with E-state index in [0.717, 1.165) is 18.4 Å². The van der Waals surface area contributed by atoms with Crippen LogP contribution in [0.2, 0.25) is 0 Å². The number of amides is 2. The molecule has 2 rings (SSSR count). The molecule has 0 heterocycles. The van der Waals surface area contributed by atoms with Gasteiger partial charge in [0.2, 0.25) is 0 Å². The summed E-state index contributed by atoms with van der Waals surface area (Å²) in [6.07, 6.45) is 1.68. The Bertz CT molecular complexity index is 591. The normalized spacial score (nSPS) is 16.5. The summed E-state index contributed by atoms with van der Waals surface area (Å²) in [7, 11) is -3.85. The maximum atomic E-state index is 11.9. The van der Waals surface area contributed by atoms with Crippen molar-refractivity contribution in [3.05, 3.63) is 29.8 Å². The summed E-state index contributed by atoms with van der Waals surface area (Å²) in [5.74, 6) is 0. The van der Waals surface area contributed by atoms with Crippen LogP contribution in [0.25, 0.3) is 0 Å². The molecule has 0 spiro atoms. The van der Waals surface area contributed by atoms with Gasteiger partial charge in [-0.15, -0.1) is 0 Å². The Morgan fingerprint density at radius 2 is 1.90 bits per heavy atom. The number of nitrogens with one attached hydrogen (secondary N) is 2. The molecule has 6 nitrogen and oxygen atoms in total. The molecule has 0 saturated heterocycles. The molecule has 0 bridgehead atoms. The Balaban J connectivity index is 1.94. The van der Waals surface area contributed by atoms with E-state index in [0.29, 0.717) is 0 Å². The molecule has 110 valence electrons. The second kappa shape index (κ2) is 5.41. The van der Waals surface area contributed by atoms with Crippen LogP contribution in [0.3, 0.4) is 0 Å². The zero-order valence-corrected chi connectivity index (χ0v) is 12.0. The lowest BCUT2D eigenvalue weighted by Crippen LogP contribution is -2.42. The van der Waals surface area contributed by atoms with Gasteiger partial charge in [-0.3, -0.25) is 0 Å². The summed E-state index contributed by atoms with van der Waals surface area (Å²) >= 11 is 0. The molecule has 1 aromatic carbocycles. The molecule has 1 aliphatic carbocycles. The molecule has 1 fully saturated rings. The van der Waals surface area contributed by atoms with Crippen molar-refractivity contribution in [3.8, 4) is 0 Å². The highest BCUT2D eigenvalue weighted by atomic mass is 32.2. The molecule has 0 atom stereocenters. The number of aliphatic hydroxyl groups is 1. The van der Waals surface area contributed by atoms with Gasteiger partial charge in [0.15, 0.2) is 0 Å². The second-order valence-electron chi connectivity index (χ2n) is 5.26. The van der Waals surface area contributed by atoms with Crippen LogP contribution in [0.15, 0.2) is 29.2 Å². The number of benzene rings is 1. The second-order valence-corrected chi connectivity index (χ2v) is 6.94. The minimum atomic E-state index is -3.85. The third kappa shape index (κ3) is 3.49. The first kappa shape index (κ1) is 14.8. The van der Waals surface area contributed by atoms with E-state index in [1.807, 2.05) is 11.6 Å². The van der Waals surface area contributed by atoms with Crippen LogP contribution >= 0.6 is 0 Å². The van der Waals surface area contributed by atoms with Gasteiger partial charge in [-0.1, -0.05) is 17.7 Å². The summed E-state index contributed by atoms with van der Waals surface area (Å²) in [5.41, 5.74) is 0.678. The van der Waals surface area contributed by atoms with E-state index in [9.17, 15) is 13.2 Å². The van der Waals surface area contributed by atoms with E-state index >= 15 is 0 Å². The molecule has 1 aromatic rings. The third-order valence-corrected chi connectivity index (χ3v) is 4.82. The number of carbonyl (C=O) groups excluding carboxylic acids is 1. The number of sulfonamides is 1. The molecule has 2 amide bonds. The van der Waals surface area contributed by atoms with E-state index in [4.69, 9.17) is 5.11 Å². The molecular weight excluding hydrogens is 280 g/mol. The summed E-state index contributed by atoms with van der Waals surface area (Å²) in [4.78, 5) is 11.6. The number of urea groups is 1. The van der Waals surface area contributed by atoms with Crippen molar-refractivity contribution in [2.75, 3.05) is 13.2 Å². The van der Waals surface area contributed by atoms with E-state index in [1.165, 1.54) is 12.1 Å². The van der Waals surface area contributed by atoms with Crippen LogP contribution in [0, 0.1) is 12.3 Å². The fourth-order valence-electron chi connectivity index (χ4n) is 1.77. The topological polar surface area (TPSA) is 95.5 Å². The quantitative estimate of drug-likeness (QED) is 0.747. The van der Waals surface area contributed by atoms with Crippen molar-refractivity contribution in [2.24, 2.45) is 5.41 Å². The van der Waals surface area contributed by atoms with Gasteiger partial charge in [0.1, 0.15) is 0 Å². The summed E-state index contributed by atoms with van der Waals surface area (Å²) in [6, 6.07) is 5.45. The number of aliphatic hydroxyl groups excluding tert-OH is 1. The number of aryl methyl sites for hydroxylation is 1. The van der Waals surface area contributed by atoms with Gasteiger partial charge in [-0.2, -0.15) is 0 Å². The smallest absolute Gasteiger partial charge is 0.328 e. The van der Waals surface area contributed by atoms with Gasteiger partial charge in [0.05, 0.1) is 11.5 Å². The molecule has 7 heteroatoms. The predicted molar refractivity (Wildman–Crippen MR) is 73.7 cm³/mol. The molecule has 1 saturated carbocycles. The highest BCUT2D eigenvalue weighted by molar-refractivity contribution is 7.90. The molecule has 0 aromatic heterocycles. The maximum Gasteiger partial charge on any atom is 0.328 e. The van der Waals surface area contributed by atoms with Gasteiger partial charge in [-0.25, -0.2) is 17.9 Å². The van der Waals surface area contributed by atoms with Crippen LogP contribution in [0.5, 0.6) is 0 Å². The minimum absolute atomic E-state index is 0.00199. The van der Waals surface area contributed by atoms with Crippen LogP contribution in [-0.2, 0) is 10.0 Å². The van der Waals surface area contributed by atoms with Crippen molar-refractivity contribution in [3.63, 3.8) is 0 Å². The fourth-order valence-corrected chi connectivity index (χ4v) is 2.70. The molecule has 0 radical (unpaired) electrons. The van der Waals surface area contributed by atoms with Crippen LogP contribution in [0.1, 0.15) is 18.4 Å². The van der Waals surface area contributed by atoms with Gasteiger partial charge < -0.3 is 10.4 Å². The lowest BCUT2D eigenvalue weighted by atomic mass is 10.1. The molecule has 3 N–H and O–H groups in total. The summed E-state index contributed by atoms with van der Waals surface area (Å²) in [5, 5.41) is 11.6. The van der Waals surface area contributed by atoms with Crippen LogP contribution in [0.4, 0.5) is 4.79 Å². The van der Waals surface area contributed by atoms with Crippen LogP contribution in [-0.4, -0.2) is 32.7 Å². The van der Waals surface area contributed by atoms with Crippen molar-refractivity contribution in [1.29, 1.82) is 0 Å². The Morgan fingerprint density at radius 1 is 1.30 bits per heavy atom. The minimum Gasteiger partial charge on any atom is -0.396 e. The zero-order valence-electron chi connectivity index (χ0n) is 11.2. The van der Waals surface area contributed by atoms with Crippen molar-refractivity contribution < 1.29 is 18.3 Å². The summed E-state index contributed by atoms with van der Waals surface area (Å²) < 4.78 is 25.8. The molecular formula is C13H18N2O4S. The Hall–Kier alpha value is -1.60. The first-order valence-electron chi connectivity index (χ1n) is 6.35. The number of rotatable bonds is 5. The molecule has 1 aliphatic rings. The van der Waals surface area contributed by atoms with E-state index in [1.54, 1.807) is 12.1 Å². The fraction of sp³-hybridized carbons (Fsp3) is 0.462. The average molecular weight is 298 g/mol. The van der Waals surface area contributed by atoms with E-state index < -0.39 is 16.1 Å². The number of carbonyl (C=O) groups is 1. The third-order valence-electron chi connectivity index (χ3n) is 3.47. The lowest BCUT2D eigenvalue weighted by Gasteiger charge is -2.13. The van der Waals surface area contributed by atoms with Gasteiger partial charge in [0, 0.05) is 12.0 Å². The predicted octanol–water partition coefficient (Wildman–Crippen LogP) is 0.755. The van der Waals surface area contributed by atoms with Gasteiger partial charge >= 0.3 is 6.03 Å². The van der Waals surface area contributed by atoms with Crippen LogP contribution < -0.4 is 10.0 Å². The molecule has 0 aliphatic heterocycles. The number of hydrogen-bond acceptors (Lipinski definition) is 4. The van der Waals surface area contributed by atoms with E-state index in [-0.39, 0.29) is 23.5 Å². The Kier molecular flexibility index (Phi) is 4.01. The zero-order chi connectivity index (χ0) is 14.8. The van der Waals surface area contributed by atoms with Gasteiger partial charge in [-0.05, 0) is 31.9 Å². The highest BCUT2D eigenvalue weighted by Gasteiger charge is 2.42. The standard InChI is InChI=1S/C13H18N2O4S/c1-10-2-4-11(5-3-10)20(18,19)15-12(17)14-8-13(9-16)6-7-13/h2-5,16H,6-9H2,1H3,(H2,14,15,17). The molecule has 20 heavy (non-hydrogen) atoms. The first-order chi connectivity index (χ1) is 9.37. The SMILES string of the molecule is Cc1ccc(S(=O)(=O)NC(=O)NCC2(CO)CC2)cc1. The lowest BCUT2D eigenvalue weighted by molar-refractivity contribution is 0.204. The Labute approximate surface area is 118 Å². The first-order valence-corrected chi connectivity index (χ1v) is 7.83. The summed E-state index contributed by atoms with van der Waals surface area (Å²) in [6.45, 7) is 2.12. The highest BCUT2D eigenvalue weighted by Crippen LogP contribution is 2.44. The van der Waals surface area contributed by atoms with Crippen molar-refractivity contribution >= 4 is 16.1 Å².